The van der Waals surface area contributed by atoms with Crippen LogP contribution in [0.4, 0.5) is 0 Å². The van der Waals surface area contributed by atoms with Crippen LogP contribution in [0, 0.1) is 0 Å². The summed E-state index contributed by atoms with van der Waals surface area (Å²) in [5, 5.41) is 2.85. The monoisotopic (exact) mass is 271 g/mol. The quantitative estimate of drug-likeness (QED) is 0.865. The Labute approximate surface area is 118 Å². The van der Waals surface area contributed by atoms with Crippen LogP contribution in [0.15, 0.2) is 48.9 Å². The number of amides is 1. The van der Waals surface area contributed by atoms with E-state index in [1.807, 2.05) is 30.3 Å². The maximum atomic E-state index is 12.1. The molecule has 0 saturated heterocycles. The first-order valence-corrected chi connectivity index (χ1v) is 6.41. The molecule has 1 amide bonds. The van der Waals surface area contributed by atoms with Crippen LogP contribution in [-0.2, 0) is 16.0 Å². The zero-order valence-electron chi connectivity index (χ0n) is 11.3. The van der Waals surface area contributed by atoms with E-state index in [9.17, 15) is 4.79 Å². The Kier molecular flexibility index (Phi) is 5.20. The molecule has 0 radical (unpaired) electrons. The van der Waals surface area contributed by atoms with Crippen molar-refractivity contribution < 1.29 is 9.53 Å². The minimum atomic E-state index is -0.585. The Hall–Kier alpha value is -2.27. The number of nitrogens with one attached hydrogen (secondary N) is 1. The van der Waals surface area contributed by atoms with Crippen LogP contribution in [0.2, 0.25) is 0 Å². The molecule has 0 aliphatic rings. The minimum Gasteiger partial charge on any atom is -0.367 e. The van der Waals surface area contributed by atoms with Crippen LogP contribution in [0.25, 0.3) is 0 Å². The molecule has 20 heavy (non-hydrogen) atoms. The van der Waals surface area contributed by atoms with E-state index >= 15 is 0 Å². The maximum absolute atomic E-state index is 12.1. The van der Waals surface area contributed by atoms with E-state index in [0.29, 0.717) is 13.0 Å². The molecule has 1 aromatic carbocycles. The second-order valence-electron chi connectivity index (χ2n) is 4.26. The molecular weight excluding hydrogens is 254 g/mol. The predicted octanol–water partition coefficient (Wildman–Crippen LogP) is 1.52. The molecule has 0 fully saturated rings. The van der Waals surface area contributed by atoms with Gasteiger partial charge in [-0.05, 0) is 5.56 Å². The van der Waals surface area contributed by atoms with Gasteiger partial charge in [0.25, 0.3) is 5.91 Å². The van der Waals surface area contributed by atoms with Crippen LogP contribution in [0.3, 0.4) is 0 Å². The highest BCUT2D eigenvalue weighted by molar-refractivity contribution is 5.82. The number of carbonyl (C=O) groups is 1. The Morgan fingerprint density at radius 1 is 1.30 bits per heavy atom. The van der Waals surface area contributed by atoms with Gasteiger partial charge in [-0.1, -0.05) is 30.3 Å². The van der Waals surface area contributed by atoms with E-state index < -0.39 is 6.10 Å². The van der Waals surface area contributed by atoms with Gasteiger partial charge in [-0.2, -0.15) is 0 Å². The molecule has 2 rings (SSSR count). The Morgan fingerprint density at radius 3 is 2.75 bits per heavy atom. The number of rotatable bonds is 6. The molecule has 0 bridgehead atoms. The van der Waals surface area contributed by atoms with Gasteiger partial charge < -0.3 is 10.1 Å². The smallest absolute Gasteiger partial charge is 0.253 e. The van der Waals surface area contributed by atoms with Gasteiger partial charge in [-0.15, -0.1) is 0 Å². The summed E-state index contributed by atoms with van der Waals surface area (Å²) < 4.78 is 5.26. The lowest BCUT2D eigenvalue weighted by molar-refractivity contribution is -0.131. The average molecular weight is 271 g/mol. The zero-order valence-corrected chi connectivity index (χ0v) is 11.3. The van der Waals surface area contributed by atoms with Gasteiger partial charge in [0.05, 0.1) is 5.69 Å². The third kappa shape index (κ3) is 3.86. The van der Waals surface area contributed by atoms with Gasteiger partial charge in [0, 0.05) is 38.7 Å². The van der Waals surface area contributed by atoms with E-state index in [4.69, 9.17) is 4.74 Å². The molecule has 0 saturated carbocycles. The maximum Gasteiger partial charge on any atom is 0.253 e. The van der Waals surface area contributed by atoms with E-state index in [0.717, 1.165) is 11.3 Å². The number of nitrogens with zero attached hydrogens (tertiary/aromatic N) is 2. The first-order valence-electron chi connectivity index (χ1n) is 6.41. The van der Waals surface area contributed by atoms with Crippen molar-refractivity contribution in [2.45, 2.75) is 12.5 Å². The molecule has 2 aromatic rings. The second kappa shape index (κ2) is 7.35. The molecule has 0 aliphatic carbocycles. The lowest BCUT2D eigenvalue weighted by atomic mass is 10.1. The number of methoxy groups -OCH3 is 1. The summed E-state index contributed by atoms with van der Waals surface area (Å²) in [6, 6.07) is 9.41. The first-order chi connectivity index (χ1) is 9.81. The van der Waals surface area contributed by atoms with E-state index in [1.165, 1.54) is 7.11 Å². The van der Waals surface area contributed by atoms with Crippen LogP contribution >= 0.6 is 0 Å². The average Bonchev–Trinajstić information content (AvgIpc) is 2.50. The van der Waals surface area contributed by atoms with Crippen LogP contribution in [-0.4, -0.2) is 29.5 Å². The van der Waals surface area contributed by atoms with Gasteiger partial charge in [0.1, 0.15) is 0 Å². The van der Waals surface area contributed by atoms with Crippen LogP contribution < -0.4 is 5.32 Å². The van der Waals surface area contributed by atoms with Crippen molar-refractivity contribution in [3.05, 3.63) is 60.2 Å². The van der Waals surface area contributed by atoms with Gasteiger partial charge in [-0.3, -0.25) is 14.8 Å². The molecule has 104 valence electrons. The zero-order chi connectivity index (χ0) is 14.2. The van der Waals surface area contributed by atoms with Crippen molar-refractivity contribution in [2.75, 3.05) is 13.7 Å². The number of aromatic nitrogens is 2. The molecule has 1 N–H and O–H groups in total. The van der Waals surface area contributed by atoms with Crippen LogP contribution in [0.5, 0.6) is 0 Å². The summed E-state index contributed by atoms with van der Waals surface area (Å²) >= 11 is 0. The highest BCUT2D eigenvalue weighted by Crippen LogP contribution is 2.15. The van der Waals surface area contributed by atoms with Gasteiger partial charge in [0.2, 0.25) is 0 Å². The lowest BCUT2D eigenvalue weighted by Gasteiger charge is -2.15. The first kappa shape index (κ1) is 14.1. The summed E-state index contributed by atoms with van der Waals surface area (Å²) in [5.41, 5.74) is 1.69. The normalized spacial score (nSPS) is 11.8. The van der Waals surface area contributed by atoms with Gasteiger partial charge in [0.15, 0.2) is 6.10 Å². The topological polar surface area (TPSA) is 64.1 Å². The lowest BCUT2D eigenvalue weighted by Crippen LogP contribution is -2.32. The molecule has 5 nitrogen and oxygen atoms in total. The summed E-state index contributed by atoms with van der Waals surface area (Å²) in [7, 11) is 1.53. The van der Waals surface area contributed by atoms with Crippen molar-refractivity contribution in [2.24, 2.45) is 0 Å². The summed E-state index contributed by atoms with van der Waals surface area (Å²) in [4.78, 5) is 20.2. The number of ether oxygens (including phenoxy) is 1. The molecule has 1 heterocycles. The summed E-state index contributed by atoms with van der Waals surface area (Å²) in [5.74, 6) is -0.150. The molecule has 1 aromatic heterocycles. The number of benzene rings is 1. The van der Waals surface area contributed by atoms with Crippen molar-refractivity contribution in [1.29, 1.82) is 0 Å². The number of hydrogen-bond acceptors (Lipinski definition) is 4. The Morgan fingerprint density at radius 2 is 2.10 bits per heavy atom. The molecule has 0 spiro atoms. The standard InChI is InChI=1S/C15H17N3O2/c1-20-14(12-5-3-2-4-6-12)15(19)18-8-7-13-11-16-9-10-17-13/h2-6,9-11,14H,7-8H2,1H3,(H,18,19). The Balaban J connectivity index is 1.87. The molecular formula is C15H17N3O2. The van der Waals surface area contributed by atoms with Crippen molar-refractivity contribution in [1.82, 2.24) is 15.3 Å². The van der Waals surface area contributed by atoms with Crippen LogP contribution in [0.1, 0.15) is 17.4 Å². The fourth-order valence-electron chi connectivity index (χ4n) is 1.89. The third-order valence-electron chi connectivity index (χ3n) is 2.87. The van der Waals surface area contributed by atoms with E-state index in [1.54, 1.807) is 18.6 Å². The largest absolute Gasteiger partial charge is 0.367 e. The second-order valence-corrected chi connectivity index (χ2v) is 4.26. The highest BCUT2D eigenvalue weighted by atomic mass is 16.5. The molecule has 0 aliphatic heterocycles. The van der Waals surface area contributed by atoms with Gasteiger partial charge in [-0.25, -0.2) is 0 Å². The fraction of sp³-hybridized carbons (Fsp3) is 0.267. The summed E-state index contributed by atoms with van der Waals surface area (Å²) in [6.07, 6.45) is 5.01. The molecule has 1 unspecified atom stereocenters. The molecule has 1 atom stereocenters. The van der Waals surface area contributed by atoms with Crippen molar-refractivity contribution >= 4 is 5.91 Å². The van der Waals surface area contributed by atoms with E-state index in [-0.39, 0.29) is 5.91 Å². The molecule has 5 heteroatoms. The van der Waals surface area contributed by atoms with Crippen molar-refractivity contribution in [3.63, 3.8) is 0 Å². The highest BCUT2D eigenvalue weighted by Gasteiger charge is 2.18. The minimum absolute atomic E-state index is 0.150. The number of hydrogen-bond donors (Lipinski definition) is 1. The summed E-state index contributed by atoms with van der Waals surface area (Å²) in [6.45, 7) is 0.504. The predicted molar refractivity (Wildman–Crippen MR) is 74.9 cm³/mol. The Bertz CT molecular complexity index is 531. The third-order valence-corrected chi connectivity index (χ3v) is 2.87. The van der Waals surface area contributed by atoms with Crippen molar-refractivity contribution in [3.8, 4) is 0 Å². The fourth-order valence-corrected chi connectivity index (χ4v) is 1.89. The van der Waals surface area contributed by atoms with Gasteiger partial charge >= 0.3 is 0 Å². The number of carbonyl (C=O) groups excluding carboxylic acids is 1. The van der Waals surface area contributed by atoms with E-state index in [2.05, 4.69) is 15.3 Å². The SMILES string of the molecule is COC(C(=O)NCCc1cnccn1)c1ccccc1.